The maximum absolute atomic E-state index is 12.5. The van der Waals surface area contributed by atoms with Gasteiger partial charge in [0.25, 0.3) is 0 Å². The van der Waals surface area contributed by atoms with Gasteiger partial charge in [0.1, 0.15) is 6.61 Å². The second kappa shape index (κ2) is 7.01. The van der Waals surface area contributed by atoms with Crippen molar-refractivity contribution in [3.8, 4) is 0 Å². The van der Waals surface area contributed by atoms with E-state index in [0.717, 1.165) is 12.0 Å². The van der Waals surface area contributed by atoms with Crippen molar-refractivity contribution in [3.63, 3.8) is 0 Å². The average molecular weight is 313 g/mol. The van der Waals surface area contributed by atoms with Gasteiger partial charge in [-0.15, -0.1) is 0 Å². The number of allylic oxidation sites excluding steroid dienone is 2. The Bertz CT molecular complexity index is 617. The minimum Gasteiger partial charge on any atom is -0.445 e. The molecule has 0 aliphatic carbocycles. The van der Waals surface area contributed by atoms with E-state index in [4.69, 9.17) is 9.47 Å². The zero-order chi connectivity index (χ0) is 16.2. The van der Waals surface area contributed by atoms with E-state index in [-0.39, 0.29) is 18.2 Å². The number of ether oxygens (including phenoxy) is 2. The molecule has 4 nitrogen and oxygen atoms in total. The molecule has 2 heterocycles. The number of rotatable bonds is 3. The van der Waals surface area contributed by atoms with Gasteiger partial charge in [0, 0.05) is 0 Å². The van der Waals surface area contributed by atoms with Gasteiger partial charge in [-0.05, 0) is 31.4 Å². The number of carbonyl (C=O) groups is 1. The molecule has 0 saturated carbocycles. The SMILES string of the molecule is CC(C)=CC1=CC2COCC(C1)N2C(=O)OCc1ccccc1. The second-order valence-corrected chi connectivity index (χ2v) is 6.37. The summed E-state index contributed by atoms with van der Waals surface area (Å²) in [5.74, 6) is 0. The van der Waals surface area contributed by atoms with E-state index in [9.17, 15) is 4.79 Å². The minimum atomic E-state index is -0.250. The topological polar surface area (TPSA) is 38.8 Å². The first-order valence-electron chi connectivity index (χ1n) is 8.06. The molecule has 2 atom stereocenters. The molecule has 1 amide bonds. The average Bonchev–Trinajstić information content (AvgIpc) is 2.52. The largest absolute Gasteiger partial charge is 0.445 e. The van der Waals surface area contributed by atoms with Gasteiger partial charge in [-0.3, -0.25) is 4.90 Å². The molecular formula is C19H23NO3. The van der Waals surface area contributed by atoms with Crippen LogP contribution in [-0.4, -0.2) is 36.3 Å². The zero-order valence-corrected chi connectivity index (χ0v) is 13.7. The standard InChI is InChI=1S/C19H23NO3/c1-14(2)8-16-9-17-12-22-13-18(10-16)20(17)19(21)23-11-15-6-4-3-5-7-15/h3-9,17-18H,10-13H2,1-2H3. The summed E-state index contributed by atoms with van der Waals surface area (Å²) in [6.07, 6.45) is 4.90. The van der Waals surface area contributed by atoms with Crippen LogP contribution in [0.15, 0.2) is 53.6 Å². The molecule has 2 unspecified atom stereocenters. The lowest BCUT2D eigenvalue weighted by molar-refractivity contribution is -0.0367. The molecule has 4 heteroatoms. The Hall–Kier alpha value is -2.07. The van der Waals surface area contributed by atoms with Crippen LogP contribution in [0.4, 0.5) is 4.79 Å². The summed E-state index contributed by atoms with van der Waals surface area (Å²) in [6, 6.07) is 9.79. The van der Waals surface area contributed by atoms with Crippen molar-refractivity contribution in [3.05, 3.63) is 59.2 Å². The predicted molar refractivity (Wildman–Crippen MR) is 89.0 cm³/mol. The van der Waals surface area contributed by atoms with E-state index in [2.05, 4.69) is 26.0 Å². The molecule has 0 spiro atoms. The molecule has 2 aliphatic rings. The van der Waals surface area contributed by atoms with Crippen LogP contribution >= 0.6 is 0 Å². The number of hydrogen-bond acceptors (Lipinski definition) is 3. The van der Waals surface area contributed by atoms with E-state index in [1.54, 1.807) is 0 Å². The maximum atomic E-state index is 12.5. The van der Waals surface area contributed by atoms with Crippen LogP contribution in [0.3, 0.4) is 0 Å². The third-order valence-corrected chi connectivity index (χ3v) is 4.12. The van der Waals surface area contributed by atoms with Gasteiger partial charge in [0.2, 0.25) is 0 Å². The van der Waals surface area contributed by atoms with Crippen LogP contribution in [-0.2, 0) is 16.1 Å². The Morgan fingerprint density at radius 2 is 2.09 bits per heavy atom. The molecule has 1 aromatic rings. The number of carbonyl (C=O) groups excluding carboxylic acids is 1. The molecule has 2 aliphatic heterocycles. The number of benzene rings is 1. The molecule has 0 radical (unpaired) electrons. The second-order valence-electron chi connectivity index (χ2n) is 6.37. The van der Waals surface area contributed by atoms with E-state index in [1.807, 2.05) is 35.2 Å². The van der Waals surface area contributed by atoms with Crippen molar-refractivity contribution < 1.29 is 14.3 Å². The van der Waals surface area contributed by atoms with Gasteiger partial charge in [0.15, 0.2) is 0 Å². The summed E-state index contributed by atoms with van der Waals surface area (Å²) in [7, 11) is 0. The molecule has 23 heavy (non-hydrogen) atoms. The van der Waals surface area contributed by atoms with Crippen LogP contribution in [0.1, 0.15) is 25.8 Å². The van der Waals surface area contributed by atoms with Crippen LogP contribution in [0.5, 0.6) is 0 Å². The third kappa shape index (κ3) is 3.82. The first-order valence-corrected chi connectivity index (χ1v) is 8.06. The molecule has 0 aromatic heterocycles. The fourth-order valence-corrected chi connectivity index (χ4v) is 3.19. The monoisotopic (exact) mass is 313 g/mol. The van der Waals surface area contributed by atoms with Gasteiger partial charge in [-0.1, -0.05) is 48.1 Å². The van der Waals surface area contributed by atoms with Gasteiger partial charge in [0.05, 0.1) is 25.3 Å². The highest BCUT2D eigenvalue weighted by Crippen LogP contribution is 2.29. The number of hydrogen-bond donors (Lipinski definition) is 0. The van der Waals surface area contributed by atoms with Gasteiger partial charge >= 0.3 is 6.09 Å². The van der Waals surface area contributed by atoms with Crippen molar-refractivity contribution in [2.75, 3.05) is 13.2 Å². The van der Waals surface area contributed by atoms with E-state index >= 15 is 0 Å². The van der Waals surface area contributed by atoms with Crippen molar-refractivity contribution in [1.82, 2.24) is 4.90 Å². The Morgan fingerprint density at radius 3 is 2.78 bits per heavy atom. The van der Waals surface area contributed by atoms with E-state index < -0.39 is 0 Å². The maximum Gasteiger partial charge on any atom is 0.411 e. The molecule has 1 fully saturated rings. The van der Waals surface area contributed by atoms with Crippen LogP contribution in [0.2, 0.25) is 0 Å². The minimum absolute atomic E-state index is 0.0311. The molecule has 0 N–H and O–H groups in total. The Labute approximate surface area is 137 Å². The lowest BCUT2D eigenvalue weighted by Gasteiger charge is -2.43. The Kier molecular flexibility index (Phi) is 4.82. The Balaban J connectivity index is 1.68. The number of amides is 1. The summed E-state index contributed by atoms with van der Waals surface area (Å²) in [5.41, 5.74) is 3.56. The van der Waals surface area contributed by atoms with Gasteiger partial charge < -0.3 is 9.47 Å². The first-order chi connectivity index (χ1) is 11.1. The lowest BCUT2D eigenvalue weighted by Crippen LogP contribution is -2.56. The van der Waals surface area contributed by atoms with Gasteiger partial charge in [-0.2, -0.15) is 0 Å². The Morgan fingerprint density at radius 1 is 1.30 bits per heavy atom. The highest BCUT2D eigenvalue weighted by atomic mass is 16.6. The zero-order valence-electron chi connectivity index (χ0n) is 13.7. The van der Waals surface area contributed by atoms with Crippen LogP contribution < -0.4 is 0 Å². The summed E-state index contributed by atoms with van der Waals surface area (Å²) in [5, 5.41) is 0. The first kappa shape index (κ1) is 15.8. The smallest absolute Gasteiger partial charge is 0.411 e. The molecular weight excluding hydrogens is 290 g/mol. The molecule has 3 rings (SSSR count). The number of nitrogens with zero attached hydrogens (tertiary/aromatic N) is 1. The van der Waals surface area contributed by atoms with E-state index in [0.29, 0.717) is 19.8 Å². The summed E-state index contributed by atoms with van der Waals surface area (Å²) < 4.78 is 11.1. The fraction of sp³-hybridized carbons (Fsp3) is 0.421. The highest BCUT2D eigenvalue weighted by molar-refractivity contribution is 5.69. The van der Waals surface area contributed by atoms with E-state index in [1.165, 1.54) is 11.1 Å². The van der Waals surface area contributed by atoms with Crippen molar-refractivity contribution >= 4 is 6.09 Å². The summed E-state index contributed by atoms with van der Waals surface area (Å²) in [6.45, 7) is 5.60. The summed E-state index contributed by atoms with van der Waals surface area (Å²) in [4.78, 5) is 14.4. The fourth-order valence-electron chi connectivity index (χ4n) is 3.19. The molecule has 2 bridgehead atoms. The highest BCUT2D eigenvalue weighted by Gasteiger charge is 2.38. The van der Waals surface area contributed by atoms with Gasteiger partial charge in [-0.25, -0.2) is 4.79 Å². The predicted octanol–water partition coefficient (Wildman–Crippen LogP) is 3.69. The molecule has 122 valence electrons. The lowest BCUT2D eigenvalue weighted by atomic mass is 9.93. The molecule has 1 saturated heterocycles. The summed E-state index contributed by atoms with van der Waals surface area (Å²) >= 11 is 0. The quantitative estimate of drug-likeness (QED) is 0.854. The molecule has 1 aromatic carbocycles. The van der Waals surface area contributed by atoms with Crippen LogP contribution in [0.25, 0.3) is 0 Å². The number of morpholine rings is 1. The third-order valence-electron chi connectivity index (χ3n) is 4.12. The van der Waals surface area contributed by atoms with Crippen molar-refractivity contribution in [2.45, 2.75) is 39.0 Å². The normalized spacial score (nSPS) is 23.0. The van der Waals surface area contributed by atoms with Crippen molar-refractivity contribution in [1.29, 1.82) is 0 Å². The van der Waals surface area contributed by atoms with Crippen LogP contribution in [0, 0.1) is 0 Å². The number of fused-ring (bicyclic) bond motifs is 2. The van der Waals surface area contributed by atoms with Crippen molar-refractivity contribution in [2.24, 2.45) is 0 Å².